The van der Waals surface area contributed by atoms with Gasteiger partial charge in [-0.3, -0.25) is 9.59 Å². The van der Waals surface area contributed by atoms with Gasteiger partial charge in [0.2, 0.25) is 5.91 Å². The minimum atomic E-state index is -0.323. The highest BCUT2D eigenvalue weighted by Gasteiger charge is 2.17. The van der Waals surface area contributed by atoms with Gasteiger partial charge in [-0.15, -0.1) is 11.8 Å². The van der Waals surface area contributed by atoms with Crippen molar-refractivity contribution in [3.05, 3.63) is 71.8 Å². The average molecular weight is 508 g/mol. The minimum Gasteiger partial charge on any atom is -0.493 e. The van der Waals surface area contributed by atoms with Crippen molar-refractivity contribution in [2.24, 2.45) is 0 Å². The third-order valence-corrected chi connectivity index (χ3v) is 7.26. The molecule has 9 heteroatoms. The van der Waals surface area contributed by atoms with Crippen LogP contribution in [-0.2, 0) is 4.79 Å². The van der Waals surface area contributed by atoms with Crippen LogP contribution in [0.25, 0.3) is 10.2 Å². The minimum absolute atomic E-state index is 0.114. The number of carbonyl (C=O) groups is 2. The summed E-state index contributed by atoms with van der Waals surface area (Å²) < 4.78 is 11.5. The third-order valence-electron chi connectivity index (χ3n) is 5.21. The van der Waals surface area contributed by atoms with E-state index in [1.54, 1.807) is 25.3 Å². The van der Waals surface area contributed by atoms with Crippen LogP contribution in [-0.4, -0.2) is 36.3 Å². The second-order valence-electron chi connectivity index (χ2n) is 7.79. The molecule has 35 heavy (non-hydrogen) atoms. The molecule has 1 unspecified atom stereocenters. The van der Waals surface area contributed by atoms with Gasteiger partial charge in [-0.2, -0.15) is 0 Å². The summed E-state index contributed by atoms with van der Waals surface area (Å²) in [6, 6.07) is 18.4. The molecule has 1 atom stereocenters. The number of aryl methyl sites for hydroxylation is 1. The molecule has 2 amide bonds. The maximum absolute atomic E-state index is 12.7. The van der Waals surface area contributed by atoms with Gasteiger partial charge in [0.05, 0.1) is 29.7 Å². The van der Waals surface area contributed by atoms with Crippen molar-refractivity contribution in [2.45, 2.75) is 24.0 Å². The molecule has 7 nitrogen and oxygen atoms in total. The summed E-state index contributed by atoms with van der Waals surface area (Å²) in [4.78, 5) is 30.7. The van der Waals surface area contributed by atoms with E-state index in [-0.39, 0.29) is 17.1 Å². The van der Waals surface area contributed by atoms with Crippen molar-refractivity contribution < 1.29 is 19.1 Å². The lowest BCUT2D eigenvalue weighted by atomic mass is 10.2. The van der Waals surface area contributed by atoms with Crippen LogP contribution in [0, 0.1) is 6.92 Å². The van der Waals surface area contributed by atoms with Crippen molar-refractivity contribution in [3.8, 4) is 11.5 Å². The second kappa shape index (κ2) is 10.8. The van der Waals surface area contributed by atoms with Crippen molar-refractivity contribution in [2.75, 3.05) is 24.9 Å². The zero-order valence-electron chi connectivity index (χ0n) is 19.7. The number of thioether (sulfide) groups is 1. The zero-order valence-corrected chi connectivity index (χ0v) is 21.4. The molecule has 0 aliphatic heterocycles. The highest BCUT2D eigenvalue weighted by Crippen LogP contribution is 2.30. The van der Waals surface area contributed by atoms with Crippen LogP contribution in [0.15, 0.2) is 65.6 Å². The van der Waals surface area contributed by atoms with E-state index in [0.29, 0.717) is 27.9 Å². The van der Waals surface area contributed by atoms with Crippen LogP contribution < -0.4 is 20.1 Å². The van der Waals surface area contributed by atoms with E-state index >= 15 is 0 Å². The van der Waals surface area contributed by atoms with E-state index in [2.05, 4.69) is 21.7 Å². The van der Waals surface area contributed by atoms with Crippen molar-refractivity contribution in [1.82, 2.24) is 4.98 Å². The Morgan fingerprint density at radius 2 is 1.69 bits per heavy atom. The maximum Gasteiger partial charge on any atom is 0.255 e. The molecule has 0 saturated carbocycles. The van der Waals surface area contributed by atoms with Crippen LogP contribution in [0.4, 0.5) is 10.8 Å². The van der Waals surface area contributed by atoms with E-state index in [1.165, 1.54) is 30.2 Å². The lowest BCUT2D eigenvalue weighted by Crippen LogP contribution is -2.22. The van der Waals surface area contributed by atoms with Gasteiger partial charge in [0, 0.05) is 16.1 Å². The van der Waals surface area contributed by atoms with Crippen LogP contribution in [0.2, 0.25) is 0 Å². The first-order valence-corrected chi connectivity index (χ1v) is 12.5. The number of thiazole rings is 1. The predicted octanol–water partition coefficient (Wildman–Crippen LogP) is 5.99. The van der Waals surface area contributed by atoms with Crippen LogP contribution >= 0.6 is 23.1 Å². The number of nitrogens with one attached hydrogen (secondary N) is 2. The number of anilines is 2. The molecule has 0 spiro atoms. The van der Waals surface area contributed by atoms with Gasteiger partial charge in [0.15, 0.2) is 16.6 Å². The first-order chi connectivity index (χ1) is 16.9. The Morgan fingerprint density at radius 3 is 2.40 bits per heavy atom. The van der Waals surface area contributed by atoms with Gasteiger partial charge in [-0.25, -0.2) is 4.98 Å². The fourth-order valence-electron chi connectivity index (χ4n) is 3.35. The molecule has 0 fully saturated rings. The molecule has 0 radical (unpaired) electrons. The first kappa shape index (κ1) is 24.6. The highest BCUT2D eigenvalue weighted by molar-refractivity contribution is 8.00. The van der Waals surface area contributed by atoms with Crippen molar-refractivity contribution in [3.63, 3.8) is 0 Å². The molecular formula is C26H25N3O4S2. The maximum atomic E-state index is 12.7. The largest absolute Gasteiger partial charge is 0.493 e. The standard InChI is InChI=1S/C26H25N3O4S2/c1-15-5-11-20-23(13-15)35-26(28-20)29-24(30)16(2)34-19-9-7-18(8-10-19)27-25(31)17-6-12-21(32-3)22(14-17)33-4/h5-14,16H,1-4H3,(H,27,31)(H,28,29,30). The molecule has 3 aromatic carbocycles. The molecular weight excluding hydrogens is 482 g/mol. The van der Waals surface area contributed by atoms with Gasteiger partial charge in [0.25, 0.3) is 5.91 Å². The fourth-order valence-corrected chi connectivity index (χ4v) is 5.18. The van der Waals surface area contributed by atoms with E-state index in [0.717, 1.165) is 20.7 Å². The summed E-state index contributed by atoms with van der Waals surface area (Å²) in [5.41, 5.74) is 3.14. The Balaban J connectivity index is 1.34. The van der Waals surface area contributed by atoms with E-state index in [4.69, 9.17) is 9.47 Å². The summed E-state index contributed by atoms with van der Waals surface area (Å²) in [6.07, 6.45) is 0. The number of fused-ring (bicyclic) bond motifs is 1. The molecule has 0 aliphatic rings. The number of hydrogen-bond donors (Lipinski definition) is 2. The average Bonchev–Trinajstić information content (AvgIpc) is 3.25. The number of aromatic nitrogens is 1. The molecule has 1 aromatic heterocycles. The normalized spacial score (nSPS) is 11.7. The Bertz CT molecular complexity index is 1370. The van der Waals surface area contributed by atoms with Crippen molar-refractivity contribution in [1.29, 1.82) is 0 Å². The van der Waals surface area contributed by atoms with E-state index in [1.807, 2.05) is 50.2 Å². The molecule has 0 aliphatic carbocycles. The number of methoxy groups -OCH3 is 2. The number of nitrogens with zero attached hydrogens (tertiary/aromatic N) is 1. The van der Waals surface area contributed by atoms with Gasteiger partial charge < -0.3 is 20.1 Å². The Morgan fingerprint density at radius 1 is 0.943 bits per heavy atom. The number of ether oxygens (including phenoxy) is 2. The Hall–Kier alpha value is -3.56. The number of amides is 2. The topological polar surface area (TPSA) is 89.5 Å². The molecule has 2 N–H and O–H groups in total. The second-order valence-corrected chi connectivity index (χ2v) is 10.2. The van der Waals surface area contributed by atoms with Crippen LogP contribution in [0.5, 0.6) is 11.5 Å². The SMILES string of the molecule is COc1ccc(C(=O)Nc2ccc(SC(C)C(=O)Nc3nc4ccc(C)cc4s3)cc2)cc1OC. The molecule has 180 valence electrons. The van der Waals surface area contributed by atoms with Gasteiger partial charge in [-0.05, 0) is 74.0 Å². The number of hydrogen-bond acceptors (Lipinski definition) is 7. The van der Waals surface area contributed by atoms with E-state index < -0.39 is 0 Å². The van der Waals surface area contributed by atoms with Gasteiger partial charge in [-0.1, -0.05) is 17.4 Å². The number of rotatable bonds is 8. The van der Waals surface area contributed by atoms with E-state index in [9.17, 15) is 9.59 Å². The van der Waals surface area contributed by atoms with Gasteiger partial charge >= 0.3 is 0 Å². The Labute approximate surface area is 211 Å². The molecule has 1 heterocycles. The first-order valence-electron chi connectivity index (χ1n) is 10.8. The number of carbonyl (C=O) groups excluding carboxylic acids is 2. The monoisotopic (exact) mass is 507 g/mol. The summed E-state index contributed by atoms with van der Waals surface area (Å²) >= 11 is 2.90. The quantitative estimate of drug-likeness (QED) is 0.285. The lowest BCUT2D eigenvalue weighted by molar-refractivity contribution is -0.115. The molecule has 0 bridgehead atoms. The third kappa shape index (κ3) is 5.93. The fraction of sp³-hybridized carbons (Fsp3) is 0.192. The summed E-state index contributed by atoms with van der Waals surface area (Å²) in [6.45, 7) is 3.88. The zero-order chi connectivity index (χ0) is 24.9. The van der Waals surface area contributed by atoms with Crippen molar-refractivity contribution >= 4 is 55.9 Å². The smallest absolute Gasteiger partial charge is 0.255 e. The molecule has 4 rings (SSSR count). The summed E-state index contributed by atoms with van der Waals surface area (Å²) in [7, 11) is 3.07. The summed E-state index contributed by atoms with van der Waals surface area (Å²) in [5.74, 6) is 0.670. The number of benzene rings is 3. The van der Waals surface area contributed by atoms with Crippen LogP contribution in [0.3, 0.4) is 0 Å². The summed E-state index contributed by atoms with van der Waals surface area (Å²) in [5, 5.41) is 6.05. The predicted molar refractivity (Wildman–Crippen MR) is 142 cm³/mol. The molecule has 4 aromatic rings. The van der Waals surface area contributed by atoms with Crippen LogP contribution in [0.1, 0.15) is 22.8 Å². The van der Waals surface area contributed by atoms with Gasteiger partial charge in [0.1, 0.15) is 0 Å². The lowest BCUT2D eigenvalue weighted by Gasteiger charge is -2.12. The molecule has 0 saturated heterocycles. The Kier molecular flexibility index (Phi) is 7.57. The highest BCUT2D eigenvalue weighted by atomic mass is 32.2.